The van der Waals surface area contributed by atoms with E-state index in [0.29, 0.717) is 0 Å². The third kappa shape index (κ3) is 20.3. The molecule has 0 N–H and O–H groups in total. The number of unbranched alkanes of at least 4 members (excludes halogenated alkanes) is 11. The molecule has 0 spiro atoms. The Morgan fingerprint density at radius 1 is 0.645 bits per heavy atom. The molecule has 0 saturated carbocycles. The summed E-state index contributed by atoms with van der Waals surface area (Å²) in [6, 6.07) is 8.33. The van der Waals surface area contributed by atoms with Gasteiger partial charge < -0.3 is 0 Å². The van der Waals surface area contributed by atoms with Gasteiger partial charge in [-0.3, -0.25) is 4.18 Å². The molecule has 0 aromatic heterocycles. The van der Waals surface area contributed by atoms with Crippen LogP contribution >= 0.6 is 0 Å². The molecule has 1 rings (SSSR count). The Morgan fingerprint density at radius 3 is 1.58 bits per heavy atom. The average molecular weight is 559 g/mol. The molecule has 5 heteroatoms. The van der Waals surface area contributed by atoms with Crippen LogP contribution in [-0.4, -0.2) is 36.2 Å². The predicted molar refractivity (Wildman–Crippen MR) is 137 cm³/mol. The summed E-state index contributed by atoms with van der Waals surface area (Å²) in [5.74, 6) is 0. The first-order chi connectivity index (χ1) is 15.1. The maximum atomic E-state index is 11.9. The van der Waals surface area contributed by atoms with Gasteiger partial charge in [0.25, 0.3) is 10.1 Å². The summed E-state index contributed by atoms with van der Waals surface area (Å²) < 4.78 is 32.1. The SMILES string of the molecule is CCCCCCCCCCCCOS(=O)(=O)c1ccccc1.CCC[CH2][Sn][CH2]CCC. The van der Waals surface area contributed by atoms with E-state index in [0.717, 1.165) is 12.8 Å². The van der Waals surface area contributed by atoms with Crippen LogP contribution in [0.1, 0.15) is 111 Å². The van der Waals surface area contributed by atoms with Gasteiger partial charge in [-0.1, -0.05) is 82.9 Å². The van der Waals surface area contributed by atoms with Gasteiger partial charge in [0.15, 0.2) is 0 Å². The monoisotopic (exact) mass is 560 g/mol. The van der Waals surface area contributed by atoms with E-state index >= 15 is 0 Å². The van der Waals surface area contributed by atoms with E-state index in [9.17, 15) is 8.42 Å². The van der Waals surface area contributed by atoms with E-state index in [-0.39, 0.29) is 32.6 Å². The summed E-state index contributed by atoms with van der Waals surface area (Å²) in [4.78, 5) is 0.238. The summed E-state index contributed by atoms with van der Waals surface area (Å²) in [7, 11) is -3.57. The zero-order chi connectivity index (χ0) is 23.0. The average Bonchev–Trinajstić information content (AvgIpc) is 2.78. The third-order valence-corrected chi connectivity index (χ3v) is 10.5. The molecular weight excluding hydrogens is 511 g/mol. The van der Waals surface area contributed by atoms with Gasteiger partial charge in [-0.2, -0.15) is 8.42 Å². The van der Waals surface area contributed by atoms with Crippen LogP contribution < -0.4 is 0 Å². The molecule has 0 fully saturated rings. The topological polar surface area (TPSA) is 43.4 Å². The van der Waals surface area contributed by atoms with Crippen LogP contribution in [0.5, 0.6) is 0 Å². The summed E-state index contributed by atoms with van der Waals surface area (Å²) in [5, 5.41) is 0. The van der Waals surface area contributed by atoms with Gasteiger partial charge in [0, 0.05) is 0 Å². The molecule has 0 bridgehead atoms. The second-order valence-electron chi connectivity index (χ2n) is 8.23. The molecule has 0 aliphatic rings. The molecule has 1 aromatic carbocycles. The Hall–Kier alpha value is -0.0713. The molecule has 0 saturated heterocycles. The summed E-state index contributed by atoms with van der Waals surface area (Å²) in [6.45, 7) is 7.10. The Balaban J connectivity index is 0.000000842. The molecule has 1 aromatic rings. The van der Waals surface area contributed by atoms with Crippen LogP contribution in [0.4, 0.5) is 0 Å². The van der Waals surface area contributed by atoms with Gasteiger partial charge in [0.1, 0.15) is 0 Å². The first kappa shape index (κ1) is 30.9. The second-order valence-corrected chi connectivity index (χ2v) is 14.1. The summed E-state index contributed by atoms with van der Waals surface area (Å²) in [5.41, 5.74) is 0. The molecule has 0 unspecified atom stereocenters. The van der Waals surface area contributed by atoms with Gasteiger partial charge in [-0.15, -0.1) is 0 Å². The molecule has 0 aliphatic heterocycles. The molecule has 0 amide bonds. The van der Waals surface area contributed by atoms with Gasteiger partial charge in [-0.25, -0.2) is 0 Å². The molecular formula is C26H48O3SSn. The molecule has 3 nitrogen and oxygen atoms in total. The van der Waals surface area contributed by atoms with Gasteiger partial charge in [-0.05, 0) is 18.6 Å². The molecule has 0 heterocycles. The van der Waals surface area contributed by atoms with Crippen molar-refractivity contribution in [2.24, 2.45) is 0 Å². The van der Waals surface area contributed by atoms with Crippen LogP contribution in [0.25, 0.3) is 0 Å². The second kappa shape index (κ2) is 23.1. The molecule has 31 heavy (non-hydrogen) atoms. The minimum atomic E-state index is -3.57. The number of hydrogen-bond donors (Lipinski definition) is 0. The van der Waals surface area contributed by atoms with Gasteiger partial charge >= 0.3 is 69.5 Å². The molecule has 0 aliphatic carbocycles. The number of hydrogen-bond acceptors (Lipinski definition) is 3. The zero-order valence-electron chi connectivity index (χ0n) is 20.5. The molecule has 2 radical (unpaired) electrons. The van der Waals surface area contributed by atoms with E-state index in [2.05, 4.69) is 20.8 Å². The van der Waals surface area contributed by atoms with Crippen LogP contribution in [0.15, 0.2) is 35.2 Å². The Labute approximate surface area is 204 Å². The van der Waals surface area contributed by atoms with E-state index in [4.69, 9.17) is 4.18 Å². The summed E-state index contributed by atoms with van der Waals surface area (Å²) >= 11 is 0.149. The van der Waals surface area contributed by atoms with Crippen molar-refractivity contribution >= 4 is 31.3 Å². The first-order valence-corrected chi connectivity index (χ1v) is 18.2. The van der Waals surface area contributed by atoms with E-state index in [1.165, 1.54) is 77.0 Å². The van der Waals surface area contributed by atoms with E-state index < -0.39 is 10.1 Å². The normalized spacial score (nSPS) is 11.2. The van der Waals surface area contributed by atoms with Gasteiger partial charge in [0.05, 0.1) is 11.5 Å². The van der Waals surface area contributed by atoms with Crippen molar-refractivity contribution in [1.82, 2.24) is 0 Å². The molecule has 0 atom stereocenters. The van der Waals surface area contributed by atoms with E-state index in [1.54, 1.807) is 39.2 Å². The van der Waals surface area contributed by atoms with E-state index in [1.807, 2.05) is 0 Å². The zero-order valence-corrected chi connectivity index (χ0v) is 24.2. The standard InChI is InChI=1S/C18H30O3S.2C4H9.Sn/c1-2-3-4-5-6-7-8-9-10-14-17-21-22(19,20)18-15-12-11-13-16-18;2*1-3-4-2;/h11-13,15-16H,2-10,14,17H2,1H3;2*1,3-4H2,2H3;. The Morgan fingerprint density at radius 2 is 1.10 bits per heavy atom. The number of rotatable bonds is 19. The fraction of sp³-hybridized carbons (Fsp3) is 0.769. The number of benzene rings is 1. The fourth-order valence-electron chi connectivity index (χ4n) is 3.14. The van der Waals surface area contributed by atoms with Crippen LogP contribution in [0, 0.1) is 0 Å². The third-order valence-electron chi connectivity index (χ3n) is 5.18. The minimum absolute atomic E-state index is 0.149. The summed E-state index contributed by atoms with van der Waals surface area (Å²) in [6.07, 6.45) is 18.1. The van der Waals surface area contributed by atoms with Crippen LogP contribution in [0.3, 0.4) is 0 Å². The van der Waals surface area contributed by atoms with Crippen LogP contribution in [0.2, 0.25) is 8.87 Å². The van der Waals surface area contributed by atoms with Crippen LogP contribution in [-0.2, 0) is 14.3 Å². The fourth-order valence-corrected chi connectivity index (χ4v) is 8.26. The Kier molecular flexibility index (Phi) is 23.0. The first-order valence-electron chi connectivity index (χ1n) is 12.7. The Bertz CT molecular complexity index is 570. The molecule has 180 valence electrons. The van der Waals surface area contributed by atoms with Crippen molar-refractivity contribution in [1.29, 1.82) is 0 Å². The quantitative estimate of drug-likeness (QED) is 0.0971. The maximum absolute atomic E-state index is 11.9. The van der Waals surface area contributed by atoms with Gasteiger partial charge in [0.2, 0.25) is 0 Å². The van der Waals surface area contributed by atoms with Crippen molar-refractivity contribution in [3.05, 3.63) is 30.3 Å². The van der Waals surface area contributed by atoms with Crippen molar-refractivity contribution in [3.63, 3.8) is 0 Å². The predicted octanol–water partition coefficient (Wildman–Crippen LogP) is 8.44. The van der Waals surface area contributed by atoms with Crippen molar-refractivity contribution in [2.75, 3.05) is 6.61 Å². The van der Waals surface area contributed by atoms with Crippen molar-refractivity contribution < 1.29 is 12.6 Å². The van der Waals surface area contributed by atoms with Crippen molar-refractivity contribution in [3.8, 4) is 0 Å². The van der Waals surface area contributed by atoms with Crippen molar-refractivity contribution in [2.45, 2.75) is 124 Å².